The first-order chi connectivity index (χ1) is 10.8. The van der Waals surface area contributed by atoms with Crippen LogP contribution in [-0.4, -0.2) is 11.2 Å². The minimum absolute atomic E-state index is 0.00786. The number of hydrogen-bond donors (Lipinski definition) is 2. The van der Waals surface area contributed by atoms with Crippen LogP contribution in [0.1, 0.15) is 22.3 Å². The fraction of sp³-hybridized carbons (Fsp3) is 0.278. The summed E-state index contributed by atoms with van der Waals surface area (Å²) in [5.74, 6) is 0.139. The van der Waals surface area contributed by atoms with Crippen molar-refractivity contribution in [3.05, 3.63) is 64.7 Å². The largest absolute Gasteiger partial charge is 0.351 e. The lowest BCUT2D eigenvalue weighted by Gasteiger charge is -2.11. The quantitative estimate of drug-likeness (QED) is 0.916. The summed E-state index contributed by atoms with van der Waals surface area (Å²) in [6.07, 6.45) is 0.834. The maximum atomic E-state index is 12.4. The van der Waals surface area contributed by atoms with Gasteiger partial charge in [0.05, 0.1) is 5.25 Å². The molecule has 0 fully saturated rings. The lowest BCUT2D eigenvalue weighted by Crippen LogP contribution is -2.32. The van der Waals surface area contributed by atoms with Gasteiger partial charge in [0.25, 0.3) is 0 Å². The van der Waals surface area contributed by atoms with Crippen LogP contribution in [0.2, 0.25) is 0 Å². The molecule has 22 heavy (non-hydrogen) atoms. The first kappa shape index (κ1) is 13.9. The lowest BCUT2D eigenvalue weighted by molar-refractivity contribution is -0.120. The number of fused-ring (bicyclic) bond motifs is 2. The highest BCUT2D eigenvalue weighted by molar-refractivity contribution is 8.01. The molecule has 1 atom stereocenters. The molecule has 0 spiro atoms. The molecular weight excluding hydrogens is 292 g/mol. The molecule has 1 amide bonds. The van der Waals surface area contributed by atoms with Crippen molar-refractivity contribution in [3.63, 3.8) is 0 Å². The Balaban J connectivity index is 1.37. The third kappa shape index (κ3) is 2.64. The van der Waals surface area contributed by atoms with E-state index in [-0.39, 0.29) is 11.2 Å². The van der Waals surface area contributed by atoms with E-state index in [1.807, 2.05) is 12.1 Å². The average molecular weight is 310 g/mol. The molecule has 0 bridgehead atoms. The summed E-state index contributed by atoms with van der Waals surface area (Å²) >= 11 is 1.68. The molecule has 0 saturated heterocycles. The van der Waals surface area contributed by atoms with Gasteiger partial charge in [0.2, 0.25) is 5.91 Å². The number of hydrogen-bond acceptors (Lipinski definition) is 3. The maximum Gasteiger partial charge on any atom is 0.234 e. The summed E-state index contributed by atoms with van der Waals surface area (Å²) in [7, 11) is 0. The van der Waals surface area contributed by atoms with Crippen molar-refractivity contribution in [2.45, 2.75) is 36.2 Å². The molecule has 112 valence electrons. The van der Waals surface area contributed by atoms with Crippen molar-refractivity contribution < 1.29 is 4.79 Å². The average Bonchev–Trinajstić information content (AvgIpc) is 3.18. The minimum atomic E-state index is 0.00786. The van der Waals surface area contributed by atoms with Crippen molar-refractivity contribution in [1.82, 2.24) is 10.6 Å². The van der Waals surface area contributed by atoms with E-state index in [1.165, 1.54) is 27.1 Å². The Morgan fingerprint density at radius 2 is 2.00 bits per heavy atom. The van der Waals surface area contributed by atoms with Crippen LogP contribution in [0.3, 0.4) is 0 Å². The number of carbonyl (C=O) groups excluding carboxylic acids is 1. The van der Waals surface area contributed by atoms with Crippen molar-refractivity contribution >= 4 is 17.7 Å². The minimum Gasteiger partial charge on any atom is -0.351 e. The van der Waals surface area contributed by atoms with Crippen LogP contribution in [0, 0.1) is 0 Å². The van der Waals surface area contributed by atoms with Gasteiger partial charge < -0.3 is 10.6 Å². The predicted octanol–water partition coefficient (Wildman–Crippen LogP) is 2.62. The summed E-state index contributed by atoms with van der Waals surface area (Å²) in [4.78, 5) is 13.6. The molecule has 3 nitrogen and oxygen atoms in total. The van der Waals surface area contributed by atoms with E-state index in [2.05, 4.69) is 41.0 Å². The van der Waals surface area contributed by atoms with Gasteiger partial charge >= 0.3 is 0 Å². The van der Waals surface area contributed by atoms with Crippen molar-refractivity contribution in [2.24, 2.45) is 0 Å². The van der Waals surface area contributed by atoms with Crippen molar-refractivity contribution in [2.75, 3.05) is 0 Å². The molecule has 4 heteroatoms. The van der Waals surface area contributed by atoms with Crippen LogP contribution in [0.4, 0.5) is 0 Å². The van der Waals surface area contributed by atoms with Crippen LogP contribution in [-0.2, 0) is 30.8 Å². The van der Waals surface area contributed by atoms with Gasteiger partial charge in [-0.3, -0.25) is 4.79 Å². The Bertz CT molecular complexity index is 704. The molecule has 2 heterocycles. The van der Waals surface area contributed by atoms with Gasteiger partial charge in [-0.1, -0.05) is 36.4 Å². The molecule has 2 aromatic rings. The number of nitrogens with one attached hydrogen (secondary N) is 2. The smallest absolute Gasteiger partial charge is 0.234 e. The van der Waals surface area contributed by atoms with Crippen LogP contribution in [0.25, 0.3) is 0 Å². The van der Waals surface area contributed by atoms with Crippen LogP contribution >= 0.6 is 11.8 Å². The zero-order chi connectivity index (χ0) is 14.9. The maximum absolute atomic E-state index is 12.4. The molecule has 4 rings (SSSR count). The zero-order valence-electron chi connectivity index (χ0n) is 12.3. The molecule has 0 radical (unpaired) electrons. The normalized spacial score (nSPS) is 18.8. The van der Waals surface area contributed by atoms with E-state index in [4.69, 9.17) is 0 Å². The van der Waals surface area contributed by atoms with Crippen molar-refractivity contribution in [3.8, 4) is 0 Å². The Kier molecular flexibility index (Phi) is 3.64. The second-order valence-electron chi connectivity index (χ2n) is 5.84. The zero-order valence-corrected chi connectivity index (χ0v) is 13.1. The molecular formula is C18H18N2OS. The number of rotatable bonds is 3. The Morgan fingerprint density at radius 1 is 1.14 bits per heavy atom. The number of amides is 1. The molecule has 0 saturated carbocycles. The highest BCUT2D eigenvalue weighted by Gasteiger charge is 2.27. The molecule has 2 aliphatic rings. The summed E-state index contributed by atoms with van der Waals surface area (Å²) < 4.78 is 0. The van der Waals surface area contributed by atoms with Gasteiger partial charge in [0.15, 0.2) is 0 Å². The highest BCUT2D eigenvalue weighted by atomic mass is 32.2. The molecule has 2 aromatic carbocycles. The Morgan fingerprint density at radius 3 is 2.91 bits per heavy atom. The van der Waals surface area contributed by atoms with Crippen LogP contribution < -0.4 is 10.6 Å². The van der Waals surface area contributed by atoms with E-state index in [9.17, 15) is 4.79 Å². The van der Waals surface area contributed by atoms with E-state index in [0.29, 0.717) is 6.54 Å². The SMILES string of the molecule is O=C(NCc1ccc2c(c1)CNC2)C1Cc2ccccc2S1. The monoisotopic (exact) mass is 310 g/mol. The third-order valence-electron chi connectivity index (χ3n) is 4.31. The summed E-state index contributed by atoms with van der Waals surface area (Å²) in [5, 5.41) is 6.44. The van der Waals surface area contributed by atoms with Gasteiger partial charge in [-0.25, -0.2) is 0 Å². The van der Waals surface area contributed by atoms with Crippen molar-refractivity contribution in [1.29, 1.82) is 0 Å². The van der Waals surface area contributed by atoms with Crippen LogP contribution in [0.15, 0.2) is 47.4 Å². The first-order valence-corrected chi connectivity index (χ1v) is 8.51. The Labute approximate surface area is 134 Å². The summed E-state index contributed by atoms with van der Waals surface area (Å²) in [6.45, 7) is 2.50. The second-order valence-corrected chi connectivity index (χ2v) is 7.09. The highest BCUT2D eigenvalue weighted by Crippen LogP contribution is 2.36. The molecule has 0 aliphatic carbocycles. The van der Waals surface area contributed by atoms with Gasteiger partial charge in [-0.2, -0.15) is 0 Å². The summed E-state index contributed by atoms with van der Waals surface area (Å²) in [5.41, 5.74) is 5.19. The van der Waals surface area contributed by atoms with E-state index in [0.717, 1.165) is 19.5 Å². The summed E-state index contributed by atoms with van der Waals surface area (Å²) in [6, 6.07) is 14.8. The van der Waals surface area contributed by atoms with E-state index < -0.39 is 0 Å². The fourth-order valence-electron chi connectivity index (χ4n) is 3.09. The van der Waals surface area contributed by atoms with Gasteiger partial charge in [-0.15, -0.1) is 11.8 Å². The number of benzene rings is 2. The molecule has 2 aliphatic heterocycles. The predicted molar refractivity (Wildman–Crippen MR) is 88.6 cm³/mol. The number of thioether (sulfide) groups is 1. The fourth-order valence-corrected chi connectivity index (χ4v) is 4.31. The molecule has 1 unspecified atom stereocenters. The third-order valence-corrected chi connectivity index (χ3v) is 5.63. The standard InChI is InChI=1S/C18H18N2OS/c21-18(17-8-13-3-1-2-4-16(13)22-17)20-9-12-5-6-14-10-19-11-15(14)7-12/h1-7,17,19H,8-11H2,(H,20,21). The second kappa shape index (κ2) is 5.78. The van der Waals surface area contributed by atoms with Gasteiger partial charge in [-0.05, 0) is 34.7 Å². The van der Waals surface area contributed by atoms with Crippen LogP contribution in [0.5, 0.6) is 0 Å². The molecule has 0 aromatic heterocycles. The van der Waals surface area contributed by atoms with E-state index in [1.54, 1.807) is 11.8 Å². The number of carbonyl (C=O) groups is 1. The topological polar surface area (TPSA) is 41.1 Å². The molecule has 2 N–H and O–H groups in total. The first-order valence-electron chi connectivity index (χ1n) is 7.63. The van der Waals surface area contributed by atoms with Gasteiger partial charge in [0, 0.05) is 24.5 Å². The van der Waals surface area contributed by atoms with Gasteiger partial charge in [0.1, 0.15) is 0 Å². The lowest BCUT2D eigenvalue weighted by atomic mass is 10.1. The van der Waals surface area contributed by atoms with E-state index >= 15 is 0 Å². The Hall–Kier alpha value is -1.78.